The third-order valence-electron chi connectivity index (χ3n) is 5.42. The molecule has 13 heteroatoms. The molecule has 1 N–H and O–H groups in total. The largest absolute Gasteiger partial charge is 0.372 e. The molecule has 0 spiro atoms. The number of aromatic nitrogens is 6. The highest BCUT2D eigenvalue weighted by Crippen LogP contribution is 2.30. The van der Waals surface area contributed by atoms with Gasteiger partial charge in [0.1, 0.15) is 16.4 Å². The van der Waals surface area contributed by atoms with Crippen molar-refractivity contribution in [2.45, 2.75) is 32.5 Å². The van der Waals surface area contributed by atoms with E-state index in [9.17, 15) is 13.6 Å². The van der Waals surface area contributed by atoms with E-state index in [1.807, 2.05) is 13.8 Å². The molecule has 0 unspecified atom stereocenters. The lowest BCUT2D eigenvalue weighted by atomic mass is 10.2. The summed E-state index contributed by atoms with van der Waals surface area (Å²) in [5, 5.41) is 13.1. The number of alkyl halides is 2. The molecule has 1 fully saturated rings. The molecule has 10 nitrogen and oxygen atoms in total. The number of hydrogen-bond donors (Lipinski definition) is 1. The van der Waals surface area contributed by atoms with Gasteiger partial charge >= 0.3 is 0 Å². The fraction of sp³-hybridized carbons (Fsp3) is 0.381. The van der Waals surface area contributed by atoms with E-state index < -0.39 is 12.3 Å². The molecular formula is C21H22F2N8O2S. The first-order valence-electron chi connectivity index (χ1n) is 10.6. The van der Waals surface area contributed by atoms with Crippen LogP contribution in [0.4, 0.5) is 20.4 Å². The number of aryl methyl sites for hydroxylation is 1. The number of rotatable bonds is 5. The molecule has 4 aromatic rings. The summed E-state index contributed by atoms with van der Waals surface area (Å²) in [7, 11) is 1.61. The zero-order valence-electron chi connectivity index (χ0n) is 18.6. The van der Waals surface area contributed by atoms with Crippen molar-refractivity contribution < 1.29 is 18.3 Å². The van der Waals surface area contributed by atoms with Crippen LogP contribution in [0.15, 0.2) is 29.9 Å². The first-order chi connectivity index (χ1) is 16.3. The van der Waals surface area contributed by atoms with Crippen LogP contribution in [0.25, 0.3) is 16.2 Å². The first-order valence-corrected chi connectivity index (χ1v) is 11.5. The van der Waals surface area contributed by atoms with E-state index >= 15 is 0 Å². The summed E-state index contributed by atoms with van der Waals surface area (Å²) in [4.78, 5) is 23.7. The van der Waals surface area contributed by atoms with E-state index in [0.717, 1.165) is 11.3 Å². The molecule has 1 saturated heterocycles. The number of halogens is 2. The van der Waals surface area contributed by atoms with Crippen LogP contribution in [0, 0.1) is 0 Å². The minimum Gasteiger partial charge on any atom is -0.372 e. The molecule has 178 valence electrons. The predicted molar refractivity (Wildman–Crippen MR) is 122 cm³/mol. The summed E-state index contributed by atoms with van der Waals surface area (Å²) in [6.07, 6.45) is 0.638. The molecule has 34 heavy (non-hydrogen) atoms. The van der Waals surface area contributed by atoms with Gasteiger partial charge in [0.05, 0.1) is 24.0 Å². The van der Waals surface area contributed by atoms with Gasteiger partial charge in [0.25, 0.3) is 12.3 Å². The standard InChI is InChI=1S/C21H22F2N8O2S/c1-11-8-30(9-12(2)33-11)21-27-16-6-13(4-5-31(16)28-21)25-19(32)17-14(7-24-29(17)3)20-26-15(10-34-20)18(22)23/h4-7,10-12,18H,8-9H2,1-3H3,(H,25,32)/t11-,12+. The Morgan fingerprint density at radius 3 is 2.74 bits per heavy atom. The zero-order chi connectivity index (χ0) is 24.0. The van der Waals surface area contributed by atoms with Crippen molar-refractivity contribution in [3.8, 4) is 10.6 Å². The van der Waals surface area contributed by atoms with Crippen molar-refractivity contribution in [1.29, 1.82) is 0 Å². The maximum Gasteiger partial charge on any atom is 0.281 e. The normalized spacial score (nSPS) is 18.7. The topological polar surface area (TPSA) is 102 Å². The molecule has 1 aliphatic rings. The zero-order valence-corrected chi connectivity index (χ0v) is 19.5. The number of fused-ring (bicyclic) bond motifs is 1. The molecule has 0 aromatic carbocycles. The van der Waals surface area contributed by atoms with E-state index in [1.165, 1.54) is 16.3 Å². The van der Waals surface area contributed by atoms with Gasteiger partial charge in [-0.05, 0) is 19.9 Å². The fourth-order valence-electron chi connectivity index (χ4n) is 3.99. The molecule has 0 bridgehead atoms. The average Bonchev–Trinajstić information content (AvgIpc) is 3.50. The van der Waals surface area contributed by atoms with Crippen molar-refractivity contribution in [1.82, 2.24) is 29.4 Å². The van der Waals surface area contributed by atoms with Crippen LogP contribution in [0.3, 0.4) is 0 Å². The summed E-state index contributed by atoms with van der Waals surface area (Å²) in [5.41, 5.74) is 1.37. The maximum absolute atomic E-state index is 13.1. The number of nitrogens with one attached hydrogen (secondary N) is 1. The Kier molecular flexibility index (Phi) is 5.73. The summed E-state index contributed by atoms with van der Waals surface area (Å²) < 4.78 is 34.7. The number of thiazole rings is 1. The Hall–Kier alpha value is -3.45. The molecule has 1 aliphatic heterocycles. The van der Waals surface area contributed by atoms with Crippen LogP contribution in [0.5, 0.6) is 0 Å². The van der Waals surface area contributed by atoms with Crippen LogP contribution in [0.2, 0.25) is 0 Å². The number of ether oxygens (including phenoxy) is 1. The Balaban J connectivity index is 1.38. The van der Waals surface area contributed by atoms with Crippen molar-refractivity contribution >= 4 is 34.5 Å². The van der Waals surface area contributed by atoms with Gasteiger partial charge in [0, 0.05) is 43.5 Å². The van der Waals surface area contributed by atoms with Crippen LogP contribution < -0.4 is 10.2 Å². The highest BCUT2D eigenvalue weighted by atomic mass is 32.1. The minimum atomic E-state index is -2.68. The molecule has 4 aromatic heterocycles. The molecule has 5 heterocycles. The molecule has 5 rings (SSSR count). The average molecular weight is 489 g/mol. The number of anilines is 2. The second-order valence-corrected chi connectivity index (χ2v) is 9.01. The van der Waals surface area contributed by atoms with Crippen LogP contribution in [0.1, 0.15) is 36.5 Å². The van der Waals surface area contributed by atoms with E-state index in [0.29, 0.717) is 40.9 Å². The van der Waals surface area contributed by atoms with E-state index in [-0.39, 0.29) is 23.6 Å². The number of carbonyl (C=O) groups is 1. The Bertz CT molecular complexity index is 1340. The molecular weight excluding hydrogens is 466 g/mol. The van der Waals surface area contributed by atoms with Gasteiger partial charge in [0.15, 0.2) is 5.65 Å². The molecule has 0 saturated carbocycles. The Morgan fingerprint density at radius 1 is 1.26 bits per heavy atom. The van der Waals surface area contributed by atoms with Crippen LogP contribution in [-0.4, -0.2) is 60.6 Å². The molecule has 0 aliphatic carbocycles. The Labute approximate surface area is 197 Å². The fourth-order valence-corrected chi connectivity index (χ4v) is 4.81. The van der Waals surface area contributed by atoms with Gasteiger partial charge in [-0.3, -0.25) is 9.48 Å². The third kappa shape index (κ3) is 4.23. The second-order valence-electron chi connectivity index (χ2n) is 8.16. The van der Waals surface area contributed by atoms with Crippen LogP contribution in [-0.2, 0) is 11.8 Å². The van der Waals surface area contributed by atoms with Crippen molar-refractivity contribution in [2.24, 2.45) is 7.05 Å². The number of pyridine rings is 1. The third-order valence-corrected chi connectivity index (χ3v) is 6.31. The summed E-state index contributed by atoms with van der Waals surface area (Å²) in [6, 6.07) is 3.43. The van der Waals surface area contributed by atoms with E-state index in [2.05, 4.69) is 30.4 Å². The lowest BCUT2D eigenvalue weighted by Gasteiger charge is -2.34. The van der Waals surface area contributed by atoms with Crippen LogP contribution >= 0.6 is 11.3 Å². The van der Waals surface area contributed by atoms with Gasteiger partial charge in [0.2, 0.25) is 5.95 Å². The molecule has 2 atom stereocenters. The van der Waals surface area contributed by atoms with E-state index in [1.54, 1.807) is 29.9 Å². The Morgan fingerprint density at radius 2 is 2.03 bits per heavy atom. The lowest BCUT2D eigenvalue weighted by Crippen LogP contribution is -2.46. The SMILES string of the molecule is C[C@@H]1CN(c2nc3cc(NC(=O)c4c(-c5nc(C(F)F)cs5)cnn4C)ccn3n2)C[C@H](C)O1. The highest BCUT2D eigenvalue weighted by molar-refractivity contribution is 7.13. The van der Waals surface area contributed by atoms with Gasteiger partial charge in [-0.2, -0.15) is 10.1 Å². The number of nitrogens with zero attached hydrogens (tertiary/aromatic N) is 7. The van der Waals surface area contributed by atoms with Crippen molar-refractivity contribution in [2.75, 3.05) is 23.3 Å². The summed E-state index contributed by atoms with van der Waals surface area (Å²) in [6.45, 7) is 5.41. The summed E-state index contributed by atoms with van der Waals surface area (Å²) in [5.74, 6) is 0.154. The van der Waals surface area contributed by atoms with Gasteiger partial charge in [-0.15, -0.1) is 16.4 Å². The number of morpholine rings is 1. The molecule has 1 amide bonds. The summed E-state index contributed by atoms with van der Waals surface area (Å²) >= 11 is 1.04. The first kappa shape index (κ1) is 22.3. The predicted octanol–water partition coefficient (Wildman–Crippen LogP) is 3.39. The van der Waals surface area contributed by atoms with Crippen molar-refractivity contribution in [3.05, 3.63) is 41.3 Å². The number of hydrogen-bond acceptors (Lipinski definition) is 8. The van der Waals surface area contributed by atoms with Gasteiger partial charge in [-0.25, -0.2) is 18.3 Å². The quantitative estimate of drug-likeness (QED) is 0.459. The lowest BCUT2D eigenvalue weighted by molar-refractivity contribution is -0.00570. The monoisotopic (exact) mass is 488 g/mol. The number of amides is 1. The van der Waals surface area contributed by atoms with Gasteiger partial charge < -0.3 is 15.0 Å². The maximum atomic E-state index is 13.1. The minimum absolute atomic E-state index is 0.0768. The number of carbonyl (C=O) groups excluding carboxylic acids is 1. The highest BCUT2D eigenvalue weighted by Gasteiger charge is 2.26. The van der Waals surface area contributed by atoms with E-state index in [4.69, 9.17) is 4.74 Å². The van der Waals surface area contributed by atoms with Gasteiger partial charge in [-0.1, -0.05) is 0 Å². The molecule has 0 radical (unpaired) electrons. The smallest absolute Gasteiger partial charge is 0.281 e. The van der Waals surface area contributed by atoms with Crippen molar-refractivity contribution in [3.63, 3.8) is 0 Å². The second kappa shape index (κ2) is 8.72.